The van der Waals surface area contributed by atoms with Gasteiger partial charge in [-0.1, -0.05) is 15.9 Å². The van der Waals surface area contributed by atoms with E-state index < -0.39 is 21.8 Å². The first-order chi connectivity index (χ1) is 9.06. The van der Waals surface area contributed by atoms with Crippen molar-refractivity contribution in [3.8, 4) is 0 Å². The lowest BCUT2D eigenvalue weighted by Crippen LogP contribution is -2.48. The van der Waals surface area contributed by atoms with E-state index in [1.807, 2.05) is 0 Å². The molecular formula is C12H12BrNO4S. The highest BCUT2D eigenvalue weighted by atomic mass is 79.9. The number of nitrogens with one attached hydrogen (secondary N) is 1. The Morgan fingerprint density at radius 1 is 1.47 bits per heavy atom. The van der Waals surface area contributed by atoms with Crippen LogP contribution in [0.4, 0.5) is 0 Å². The number of methoxy groups -OCH3 is 1. The van der Waals surface area contributed by atoms with Crippen LogP contribution in [0.5, 0.6) is 0 Å². The van der Waals surface area contributed by atoms with Crippen molar-refractivity contribution < 1.29 is 17.9 Å². The molecule has 0 bridgehead atoms. The molecule has 2 aliphatic rings. The van der Waals surface area contributed by atoms with E-state index in [1.54, 1.807) is 24.3 Å². The zero-order valence-corrected chi connectivity index (χ0v) is 12.5. The first-order valence-electron chi connectivity index (χ1n) is 5.72. The van der Waals surface area contributed by atoms with Gasteiger partial charge in [0.05, 0.1) is 16.9 Å². The summed E-state index contributed by atoms with van der Waals surface area (Å²) in [6, 6.07) is 6.44. The third-order valence-electron chi connectivity index (χ3n) is 3.23. The molecule has 0 aromatic heterocycles. The van der Waals surface area contributed by atoms with Crippen LogP contribution in [-0.2, 0) is 23.5 Å². The molecule has 1 saturated heterocycles. The minimum atomic E-state index is -2.73. The summed E-state index contributed by atoms with van der Waals surface area (Å²) in [7, 11) is -1.42. The molecule has 7 heteroatoms. The van der Waals surface area contributed by atoms with Crippen LogP contribution >= 0.6 is 15.9 Å². The maximum absolute atomic E-state index is 12.9. The molecule has 0 spiro atoms. The highest BCUT2D eigenvalue weighted by Gasteiger charge is 2.50. The van der Waals surface area contributed by atoms with Gasteiger partial charge in [0, 0.05) is 11.0 Å². The van der Waals surface area contributed by atoms with Crippen LogP contribution in [0, 0.1) is 0 Å². The molecule has 2 aliphatic heterocycles. The summed E-state index contributed by atoms with van der Waals surface area (Å²) < 4.78 is 24.0. The number of halogens is 1. The van der Waals surface area contributed by atoms with Gasteiger partial charge in [0.1, 0.15) is 21.9 Å². The SMILES string of the molecule is COC(=O)[C@H]1NC[C@H]2OS(=O)(c3ccc(Br)cc3)=C12. The van der Waals surface area contributed by atoms with E-state index in [4.69, 9.17) is 8.92 Å². The van der Waals surface area contributed by atoms with Crippen LogP contribution in [0.1, 0.15) is 0 Å². The van der Waals surface area contributed by atoms with Gasteiger partial charge in [-0.05, 0) is 24.3 Å². The fourth-order valence-electron chi connectivity index (χ4n) is 2.32. The summed E-state index contributed by atoms with van der Waals surface area (Å²) in [6.45, 7) is 0.489. The number of hydrogen-bond acceptors (Lipinski definition) is 5. The van der Waals surface area contributed by atoms with E-state index in [2.05, 4.69) is 21.2 Å². The predicted octanol–water partition coefficient (Wildman–Crippen LogP) is 0.723. The number of ether oxygens (including phenoxy) is 1. The van der Waals surface area contributed by atoms with Gasteiger partial charge in [-0.15, -0.1) is 0 Å². The van der Waals surface area contributed by atoms with E-state index in [0.29, 0.717) is 16.3 Å². The second-order valence-corrected chi connectivity index (χ2v) is 7.37. The van der Waals surface area contributed by atoms with E-state index in [-0.39, 0.29) is 6.10 Å². The standard InChI is InChI=1S/C12H12BrNO4S/c1-17-12(15)10-11-9(6-14-10)18-19(11,16)8-4-2-7(13)3-5-8/h2-5,9-10,14H,6H2,1H3/t9-,10+,19?/m1/s1. The van der Waals surface area contributed by atoms with Gasteiger partial charge in [0.15, 0.2) is 0 Å². The number of carbonyl (C=O) groups excluding carboxylic acids is 1. The van der Waals surface area contributed by atoms with Crippen molar-refractivity contribution in [3.05, 3.63) is 28.7 Å². The monoisotopic (exact) mass is 345 g/mol. The molecular weight excluding hydrogens is 334 g/mol. The number of hydrogen-bond donors (Lipinski definition) is 1. The molecule has 0 aliphatic carbocycles. The zero-order chi connectivity index (χ0) is 13.6. The van der Waals surface area contributed by atoms with Crippen molar-refractivity contribution in [1.29, 1.82) is 0 Å². The van der Waals surface area contributed by atoms with Crippen molar-refractivity contribution in [2.75, 3.05) is 13.7 Å². The van der Waals surface area contributed by atoms with Gasteiger partial charge >= 0.3 is 5.97 Å². The van der Waals surface area contributed by atoms with Gasteiger partial charge in [-0.3, -0.25) is 9.50 Å². The third kappa shape index (κ3) is 1.92. The van der Waals surface area contributed by atoms with Gasteiger partial charge < -0.3 is 4.74 Å². The van der Waals surface area contributed by atoms with Crippen LogP contribution in [0.15, 0.2) is 33.6 Å². The Bertz CT molecular complexity index is 648. The van der Waals surface area contributed by atoms with Crippen molar-refractivity contribution in [2.45, 2.75) is 17.0 Å². The molecule has 1 N–H and O–H groups in total. The van der Waals surface area contributed by atoms with Crippen molar-refractivity contribution in [3.63, 3.8) is 0 Å². The molecule has 102 valence electrons. The van der Waals surface area contributed by atoms with Gasteiger partial charge in [-0.2, -0.15) is 0 Å². The van der Waals surface area contributed by atoms with E-state index >= 15 is 0 Å². The van der Waals surface area contributed by atoms with E-state index in [9.17, 15) is 9.00 Å². The van der Waals surface area contributed by atoms with Gasteiger partial charge in [-0.25, -0.2) is 9.00 Å². The van der Waals surface area contributed by atoms with Crippen molar-refractivity contribution >= 4 is 36.6 Å². The van der Waals surface area contributed by atoms with Crippen LogP contribution in [0.3, 0.4) is 0 Å². The quantitative estimate of drug-likeness (QED) is 0.632. The minimum absolute atomic E-state index is 0.264. The maximum Gasteiger partial charge on any atom is 0.327 e. The summed E-state index contributed by atoms with van der Waals surface area (Å²) in [4.78, 5) is 12.9. The zero-order valence-electron chi connectivity index (χ0n) is 10.1. The lowest BCUT2D eigenvalue weighted by Gasteiger charge is -2.31. The summed E-state index contributed by atoms with van der Waals surface area (Å²) in [5.74, 6) is -0.425. The Morgan fingerprint density at radius 3 is 2.79 bits per heavy atom. The van der Waals surface area contributed by atoms with Gasteiger partial charge in [0.25, 0.3) is 0 Å². The lowest BCUT2D eigenvalue weighted by atomic mass is 10.2. The molecule has 1 unspecified atom stereocenters. The fourth-order valence-corrected chi connectivity index (χ4v) is 4.90. The Labute approximate surface area is 119 Å². The smallest absolute Gasteiger partial charge is 0.327 e. The topological polar surface area (TPSA) is 64.6 Å². The summed E-state index contributed by atoms with van der Waals surface area (Å²) >= 11 is 3.33. The van der Waals surface area contributed by atoms with Crippen LogP contribution in [-0.4, -0.2) is 40.8 Å². The average Bonchev–Trinajstić information content (AvgIpc) is 2.76. The number of rotatable bonds is 2. The minimum Gasteiger partial charge on any atom is -0.468 e. The Kier molecular flexibility index (Phi) is 3.17. The normalized spacial score (nSPS) is 32.6. The van der Waals surface area contributed by atoms with Crippen LogP contribution in [0.2, 0.25) is 0 Å². The fraction of sp³-hybridized carbons (Fsp3) is 0.333. The Balaban J connectivity index is 2.09. The number of esters is 1. The molecule has 5 nitrogen and oxygen atoms in total. The first-order valence-corrected chi connectivity index (χ1v) is 8.00. The summed E-state index contributed by atoms with van der Waals surface area (Å²) in [6.07, 6.45) is -0.264. The second kappa shape index (κ2) is 4.59. The molecule has 2 heterocycles. The molecule has 1 aromatic rings. The van der Waals surface area contributed by atoms with Gasteiger partial charge in [0.2, 0.25) is 0 Å². The van der Waals surface area contributed by atoms with Crippen molar-refractivity contribution in [1.82, 2.24) is 5.32 Å². The average molecular weight is 346 g/mol. The highest BCUT2D eigenvalue weighted by molar-refractivity contribution is 9.10. The largest absolute Gasteiger partial charge is 0.468 e. The Hall–Kier alpha value is -0.890. The molecule has 0 amide bonds. The molecule has 3 rings (SSSR count). The molecule has 1 aromatic carbocycles. The summed E-state index contributed by atoms with van der Waals surface area (Å²) in [5.41, 5.74) is 0. The summed E-state index contributed by atoms with van der Waals surface area (Å²) in [5, 5.41) is 2.98. The molecule has 0 saturated carbocycles. The third-order valence-corrected chi connectivity index (χ3v) is 6.28. The lowest BCUT2D eigenvalue weighted by molar-refractivity contribution is -0.140. The highest BCUT2D eigenvalue weighted by Crippen LogP contribution is 2.32. The van der Waals surface area contributed by atoms with E-state index in [1.165, 1.54) is 7.11 Å². The molecule has 0 radical (unpaired) electrons. The van der Waals surface area contributed by atoms with E-state index in [0.717, 1.165) is 4.47 Å². The number of fused-ring (bicyclic) bond motifs is 1. The molecule has 1 fully saturated rings. The first kappa shape index (κ1) is 13.1. The van der Waals surface area contributed by atoms with Crippen molar-refractivity contribution in [2.24, 2.45) is 0 Å². The number of carbonyl (C=O) groups is 1. The maximum atomic E-state index is 12.9. The predicted molar refractivity (Wildman–Crippen MR) is 74.2 cm³/mol. The second-order valence-electron chi connectivity index (χ2n) is 4.31. The Morgan fingerprint density at radius 2 is 2.16 bits per heavy atom. The molecule has 3 atom stereocenters. The number of benzene rings is 1. The molecule has 19 heavy (non-hydrogen) atoms. The van der Waals surface area contributed by atoms with Crippen LogP contribution < -0.4 is 5.32 Å². The van der Waals surface area contributed by atoms with Crippen LogP contribution in [0.25, 0.3) is 0 Å².